The lowest BCUT2D eigenvalue weighted by atomic mass is 9.90. The van der Waals surface area contributed by atoms with Gasteiger partial charge in [-0.3, -0.25) is 0 Å². The van der Waals surface area contributed by atoms with Gasteiger partial charge in [-0.05, 0) is 30.5 Å². The fourth-order valence-electron chi connectivity index (χ4n) is 2.37. The number of hydrogen-bond acceptors (Lipinski definition) is 5. The van der Waals surface area contributed by atoms with Crippen LogP contribution >= 0.6 is 15.9 Å². The number of carbonyl (C=O) groups excluding carboxylic acids is 1. The highest BCUT2D eigenvalue weighted by atomic mass is 79.9. The minimum absolute atomic E-state index is 0.0915. The van der Waals surface area contributed by atoms with Crippen LogP contribution < -0.4 is 5.32 Å². The third kappa shape index (κ3) is 4.03. The first-order chi connectivity index (χ1) is 10.1. The van der Waals surface area contributed by atoms with E-state index < -0.39 is 0 Å². The van der Waals surface area contributed by atoms with E-state index in [2.05, 4.69) is 21.2 Å². The van der Waals surface area contributed by atoms with Crippen molar-refractivity contribution in [3.8, 4) is 0 Å². The maximum atomic E-state index is 11.5. The van der Waals surface area contributed by atoms with Gasteiger partial charge in [0.1, 0.15) is 0 Å². The minimum atomic E-state index is -0.355. The summed E-state index contributed by atoms with van der Waals surface area (Å²) in [5.74, 6) is -0.355. The molecule has 1 aromatic rings. The van der Waals surface area contributed by atoms with Crippen LogP contribution in [0.2, 0.25) is 0 Å². The Morgan fingerprint density at radius 1 is 1.48 bits per heavy atom. The second-order valence-electron chi connectivity index (χ2n) is 5.20. The summed E-state index contributed by atoms with van der Waals surface area (Å²) in [7, 11) is 1.36. The van der Waals surface area contributed by atoms with E-state index in [1.165, 1.54) is 7.11 Å². The summed E-state index contributed by atoms with van der Waals surface area (Å²) in [4.78, 5) is 11.5. The molecule has 5 nitrogen and oxygen atoms in total. The van der Waals surface area contributed by atoms with Crippen molar-refractivity contribution in [3.05, 3.63) is 33.8 Å². The molecule has 0 aliphatic carbocycles. The van der Waals surface area contributed by atoms with Crippen LogP contribution in [0, 0.1) is 0 Å². The van der Waals surface area contributed by atoms with Crippen molar-refractivity contribution < 1.29 is 19.4 Å². The molecule has 116 valence electrons. The van der Waals surface area contributed by atoms with Gasteiger partial charge < -0.3 is 19.9 Å². The molecule has 0 atom stereocenters. The van der Waals surface area contributed by atoms with Crippen LogP contribution in [0.1, 0.15) is 28.8 Å². The van der Waals surface area contributed by atoms with E-state index >= 15 is 0 Å². The summed E-state index contributed by atoms with van der Waals surface area (Å²) < 4.78 is 10.9. The molecule has 2 rings (SSSR count). The van der Waals surface area contributed by atoms with E-state index in [0.717, 1.165) is 22.9 Å². The predicted octanol–water partition coefficient (Wildman–Crippen LogP) is 1.87. The molecule has 1 heterocycles. The lowest BCUT2D eigenvalue weighted by molar-refractivity contribution is 0.0111. The molecule has 0 spiro atoms. The average molecular weight is 358 g/mol. The Morgan fingerprint density at radius 3 is 2.76 bits per heavy atom. The average Bonchev–Trinajstić information content (AvgIpc) is 2.53. The molecule has 1 aromatic carbocycles. The Hall–Kier alpha value is -0.950. The summed E-state index contributed by atoms with van der Waals surface area (Å²) in [6.07, 6.45) is 1.59. The van der Waals surface area contributed by atoms with E-state index in [9.17, 15) is 9.90 Å². The molecule has 0 aromatic heterocycles. The molecule has 1 fully saturated rings. The van der Waals surface area contributed by atoms with Gasteiger partial charge in [0, 0.05) is 29.8 Å². The molecule has 0 amide bonds. The highest BCUT2D eigenvalue weighted by molar-refractivity contribution is 9.10. The highest BCUT2D eigenvalue weighted by Crippen LogP contribution is 2.23. The van der Waals surface area contributed by atoms with Crippen molar-refractivity contribution in [2.24, 2.45) is 0 Å². The fraction of sp³-hybridized carbons (Fsp3) is 0.533. The fourth-order valence-corrected chi connectivity index (χ4v) is 2.89. The first kappa shape index (κ1) is 16.4. The van der Waals surface area contributed by atoms with Gasteiger partial charge in [0.05, 0.1) is 19.3 Å². The zero-order chi connectivity index (χ0) is 15.3. The normalized spacial score (nSPS) is 17.5. The van der Waals surface area contributed by atoms with E-state index in [1.54, 1.807) is 12.1 Å². The maximum absolute atomic E-state index is 11.5. The molecule has 1 aliphatic heterocycles. The number of benzene rings is 1. The van der Waals surface area contributed by atoms with Crippen molar-refractivity contribution in [3.63, 3.8) is 0 Å². The Kier molecular flexibility index (Phi) is 5.75. The summed E-state index contributed by atoms with van der Waals surface area (Å²) in [6, 6.07) is 5.37. The number of aliphatic hydroxyl groups is 1. The van der Waals surface area contributed by atoms with E-state index in [1.807, 2.05) is 6.07 Å². The van der Waals surface area contributed by atoms with Crippen LogP contribution in [0.3, 0.4) is 0 Å². The highest BCUT2D eigenvalue weighted by Gasteiger charge is 2.31. The van der Waals surface area contributed by atoms with Gasteiger partial charge >= 0.3 is 5.97 Å². The summed E-state index contributed by atoms with van der Waals surface area (Å²) in [5, 5.41) is 13.1. The standard InChI is InChI=1S/C15H20BrNO4/c1-20-14(19)11-2-3-12(13(16)8-11)9-17-15(10-18)4-6-21-7-5-15/h2-3,8,17-18H,4-7,9-10H2,1H3. The number of rotatable bonds is 5. The Labute approximate surface area is 132 Å². The predicted molar refractivity (Wildman–Crippen MR) is 82.2 cm³/mol. The van der Waals surface area contributed by atoms with Crippen LogP contribution in [-0.4, -0.2) is 43.5 Å². The quantitative estimate of drug-likeness (QED) is 0.787. The molecular weight excluding hydrogens is 338 g/mol. The van der Waals surface area contributed by atoms with Gasteiger partial charge in [-0.25, -0.2) is 4.79 Å². The summed E-state index contributed by atoms with van der Waals surface area (Å²) >= 11 is 3.47. The van der Waals surface area contributed by atoms with Crippen molar-refractivity contribution in [2.45, 2.75) is 24.9 Å². The zero-order valence-electron chi connectivity index (χ0n) is 12.0. The number of hydrogen-bond donors (Lipinski definition) is 2. The van der Waals surface area contributed by atoms with Crippen LogP contribution in [0.15, 0.2) is 22.7 Å². The number of ether oxygens (including phenoxy) is 2. The smallest absolute Gasteiger partial charge is 0.337 e. The summed E-state index contributed by atoms with van der Waals surface area (Å²) in [5.41, 5.74) is 1.26. The molecule has 6 heteroatoms. The lowest BCUT2D eigenvalue weighted by Gasteiger charge is -2.36. The number of halogens is 1. The molecule has 0 saturated carbocycles. The van der Waals surface area contributed by atoms with Gasteiger partial charge in [0.15, 0.2) is 0 Å². The van der Waals surface area contributed by atoms with Crippen molar-refractivity contribution >= 4 is 21.9 Å². The van der Waals surface area contributed by atoms with Gasteiger partial charge in [0.2, 0.25) is 0 Å². The van der Waals surface area contributed by atoms with E-state index in [-0.39, 0.29) is 18.1 Å². The largest absolute Gasteiger partial charge is 0.465 e. The number of carbonyl (C=O) groups is 1. The lowest BCUT2D eigenvalue weighted by Crippen LogP contribution is -2.51. The topological polar surface area (TPSA) is 67.8 Å². The zero-order valence-corrected chi connectivity index (χ0v) is 13.6. The van der Waals surface area contributed by atoms with Gasteiger partial charge in [-0.1, -0.05) is 22.0 Å². The molecular formula is C15H20BrNO4. The summed E-state index contributed by atoms with van der Waals surface area (Å²) in [6.45, 7) is 2.03. The SMILES string of the molecule is COC(=O)c1ccc(CNC2(CO)CCOCC2)c(Br)c1. The third-order valence-electron chi connectivity index (χ3n) is 3.88. The van der Waals surface area contributed by atoms with Crippen LogP contribution in [-0.2, 0) is 16.0 Å². The molecule has 2 N–H and O–H groups in total. The number of esters is 1. The van der Waals surface area contributed by atoms with Crippen LogP contribution in [0.25, 0.3) is 0 Å². The van der Waals surface area contributed by atoms with Gasteiger partial charge in [-0.15, -0.1) is 0 Å². The van der Waals surface area contributed by atoms with Crippen molar-refractivity contribution in [2.75, 3.05) is 26.9 Å². The van der Waals surface area contributed by atoms with E-state index in [4.69, 9.17) is 9.47 Å². The number of methoxy groups -OCH3 is 1. The van der Waals surface area contributed by atoms with Crippen molar-refractivity contribution in [1.29, 1.82) is 0 Å². The van der Waals surface area contributed by atoms with Crippen LogP contribution in [0.4, 0.5) is 0 Å². The molecule has 0 radical (unpaired) electrons. The molecule has 1 aliphatic rings. The molecule has 0 unspecified atom stereocenters. The Balaban J connectivity index is 2.04. The van der Waals surface area contributed by atoms with E-state index in [0.29, 0.717) is 25.3 Å². The third-order valence-corrected chi connectivity index (χ3v) is 4.62. The monoisotopic (exact) mass is 357 g/mol. The second-order valence-corrected chi connectivity index (χ2v) is 6.06. The molecule has 0 bridgehead atoms. The maximum Gasteiger partial charge on any atom is 0.337 e. The number of aliphatic hydroxyl groups excluding tert-OH is 1. The minimum Gasteiger partial charge on any atom is -0.465 e. The van der Waals surface area contributed by atoms with Gasteiger partial charge in [-0.2, -0.15) is 0 Å². The van der Waals surface area contributed by atoms with Crippen LogP contribution in [0.5, 0.6) is 0 Å². The molecule has 21 heavy (non-hydrogen) atoms. The Bertz CT molecular complexity index is 500. The first-order valence-electron chi connectivity index (χ1n) is 6.90. The second kappa shape index (κ2) is 7.35. The number of nitrogens with one attached hydrogen (secondary N) is 1. The van der Waals surface area contributed by atoms with Gasteiger partial charge in [0.25, 0.3) is 0 Å². The molecule has 1 saturated heterocycles. The Morgan fingerprint density at radius 2 is 2.19 bits per heavy atom. The van der Waals surface area contributed by atoms with Crippen molar-refractivity contribution in [1.82, 2.24) is 5.32 Å². The first-order valence-corrected chi connectivity index (χ1v) is 7.70.